The van der Waals surface area contributed by atoms with Crippen molar-refractivity contribution in [2.24, 2.45) is 0 Å². The van der Waals surface area contributed by atoms with Crippen LogP contribution in [0.1, 0.15) is 12.5 Å². The van der Waals surface area contributed by atoms with Crippen molar-refractivity contribution in [2.75, 3.05) is 5.75 Å². The van der Waals surface area contributed by atoms with Gasteiger partial charge in [0.15, 0.2) is 0 Å². The fourth-order valence-corrected chi connectivity index (χ4v) is 1.84. The monoisotopic (exact) mass is 248 g/mol. The second-order valence-corrected chi connectivity index (χ2v) is 4.56. The van der Waals surface area contributed by atoms with E-state index in [0.717, 1.165) is 21.5 Å². The van der Waals surface area contributed by atoms with Crippen molar-refractivity contribution in [3.8, 4) is 0 Å². The molecule has 0 unspecified atom stereocenters. The summed E-state index contributed by atoms with van der Waals surface area (Å²) in [6.07, 6.45) is 0. The summed E-state index contributed by atoms with van der Waals surface area (Å²) >= 11 is 4.94. The lowest BCUT2D eigenvalue weighted by Gasteiger charge is -2.01. The van der Waals surface area contributed by atoms with Gasteiger partial charge in [0.25, 0.3) is 0 Å². The Morgan fingerprint density at radius 2 is 2.25 bits per heavy atom. The van der Waals surface area contributed by atoms with Crippen molar-refractivity contribution in [1.29, 1.82) is 0 Å². The Hall–Kier alpha value is -0.0200. The topological polar surface area (TPSA) is 0 Å². The third-order valence-corrected chi connectivity index (χ3v) is 2.89. The lowest BCUT2D eigenvalue weighted by Crippen LogP contribution is -1.87. The molecule has 3 heteroatoms. The number of hydrogen-bond acceptors (Lipinski definition) is 1. The minimum Gasteiger partial charge on any atom is -0.207 e. The molecule has 1 aromatic carbocycles. The Kier molecular flexibility index (Phi) is 4.09. The molecule has 0 saturated heterocycles. The molecule has 66 valence electrons. The SMILES string of the molecule is CCSCc1ccc(Br)cc1F. The molecule has 1 rings (SSSR count). The van der Waals surface area contributed by atoms with Gasteiger partial charge in [0, 0.05) is 10.2 Å². The molecule has 0 aliphatic rings. The van der Waals surface area contributed by atoms with Crippen LogP contribution in [-0.2, 0) is 5.75 Å². The fourth-order valence-electron chi connectivity index (χ4n) is 0.851. The molecule has 0 aliphatic carbocycles. The molecule has 0 saturated carbocycles. The van der Waals surface area contributed by atoms with Gasteiger partial charge in [-0.05, 0) is 23.4 Å². The van der Waals surface area contributed by atoms with Crippen LogP contribution in [0.5, 0.6) is 0 Å². The van der Waals surface area contributed by atoms with Gasteiger partial charge in [0.1, 0.15) is 5.82 Å². The Bertz CT molecular complexity index is 263. The van der Waals surface area contributed by atoms with E-state index in [1.807, 2.05) is 12.1 Å². The van der Waals surface area contributed by atoms with Gasteiger partial charge in [-0.25, -0.2) is 4.39 Å². The van der Waals surface area contributed by atoms with E-state index < -0.39 is 0 Å². The van der Waals surface area contributed by atoms with Crippen LogP contribution in [0.25, 0.3) is 0 Å². The van der Waals surface area contributed by atoms with Gasteiger partial charge in [-0.15, -0.1) is 0 Å². The van der Waals surface area contributed by atoms with E-state index in [4.69, 9.17) is 0 Å². The van der Waals surface area contributed by atoms with Gasteiger partial charge in [-0.2, -0.15) is 11.8 Å². The minimum atomic E-state index is -0.120. The second kappa shape index (κ2) is 4.87. The van der Waals surface area contributed by atoms with Crippen LogP contribution in [0.15, 0.2) is 22.7 Å². The summed E-state index contributed by atoms with van der Waals surface area (Å²) in [4.78, 5) is 0. The van der Waals surface area contributed by atoms with Gasteiger partial charge in [-0.3, -0.25) is 0 Å². The van der Waals surface area contributed by atoms with E-state index in [-0.39, 0.29) is 5.82 Å². The number of hydrogen-bond donors (Lipinski definition) is 0. The summed E-state index contributed by atoms with van der Waals surface area (Å²) in [5.74, 6) is 1.66. The molecule has 0 aromatic heterocycles. The van der Waals surface area contributed by atoms with Gasteiger partial charge >= 0.3 is 0 Å². The Morgan fingerprint density at radius 1 is 1.50 bits per heavy atom. The van der Waals surface area contributed by atoms with Crippen molar-refractivity contribution >= 4 is 27.7 Å². The molecule has 0 heterocycles. The van der Waals surface area contributed by atoms with Crippen LogP contribution >= 0.6 is 27.7 Å². The Labute approximate surface area is 84.7 Å². The lowest BCUT2D eigenvalue weighted by atomic mass is 10.2. The summed E-state index contributed by atoms with van der Waals surface area (Å²) in [6.45, 7) is 2.07. The quantitative estimate of drug-likeness (QED) is 0.784. The van der Waals surface area contributed by atoms with Crippen LogP contribution in [0, 0.1) is 5.82 Å². The standard InChI is InChI=1S/C9H10BrFS/c1-2-12-6-7-3-4-8(10)5-9(7)11/h3-5H,2,6H2,1H3. The van der Waals surface area contributed by atoms with E-state index >= 15 is 0 Å². The van der Waals surface area contributed by atoms with Crippen molar-refractivity contribution in [2.45, 2.75) is 12.7 Å². The van der Waals surface area contributed by atoms with Crippen molar-refractivity contribution in [1.82, 2.24) is 0 Å². The first-order valence-corrected chi connectivity index (χ1v) is 5.70. The average molecular weight is 249 g/mol. The zero-order valence-corrected chi connectivity index (χ0v) is 9.21. The number of halogens is 2. The second-order valence-electron chi connectivity index (χ2n) is 2.37. The summed E-state index contributed by atoms with van der Waals surface area (Å²) < 4.78 is 13.9. The molecule has 0 nitrogen and oxygen atoms in total. The smallest absolute Gasteiger partial charge is 0.128 e. The molecular formula is C9H10BrFS. The molecule has 0 aliphatic heterocycles. The van der Waals surface area contributed by atoms with Crippen LogP contribution in [0.4, 0.5) is 4.39 Å². The number of rotatable bonds is 3. The summed E-state index contributed by atoms with van der Waals surface area (Å²) in [5, 5.41) is 0. The highest BCUT2D eigenvalue weighted by molar-refractivity contribution is 9.10. The summed E-state index contributed by atoms with van der Waals surface area (Å²) in [5.41, 5.74) is 0.782. The number of thioether (sulfide) groups is 1. The first kappa shape index (κ1) is 10.1. The molecule has 12 heavy (non-hydrogen) atoms. The molecular weight excluding hydrogens is 239 g/mol. The summed E-state index contributed by atoms with van der Waals surface area (Å²) in [6, 6.07) is 5.20. The van der Waals surface area contributed by atoms with Crippen molar-refractivity contribution in [3.63, 3.8) is 0 Å². The highest BCUT2D eigenvalue weighted by atomic mass is 79.9. The van der Waals surface area contributed by atoms with E-state index in [9.17, 15) is 4.39 Å². The Balaban J connectivity index is 2.72. The molecule has 0 amide bonds. The number of benzene rings is 1. The van der Waals surface area contributed by atoms with E-state index in [1.165, 1.54) is 6.07 Å². The largest absolute Gasteiger partial charge is 0.207 e. The highest BCUT2D eigenvalue weighted by Crippen LogP contribution is 2.19. The normalized spacial score (nSPS) is 10.2. The first-order valence-electron chi connectivity index (χ1n) is 3.75. The fraction of sp³-hybridized carbons (Fsp3) is 0.333. The predicted molar refractivity (Wildman–Crippen MR) is 55.9 cm³/mol. The van der Waals surface area contributed by atoms with Crippen molar-refractivity contribution in [3.05, 3.63) is 34.1 Å². The third kappa shape index (κ3) is 2.79. The van der Waals surface area contributed by atoms with E-state index in [0.29, 0.717) is 0 Å². The molecule has 0 fully saturated rings. The van der Waals surface area contributed by atoms with Crippen LogP contribution in [0.2, 0.25) is 0 Å². The maximum absolute atomic E-state index is 13.1. The van der Waals surface area contributed by atoms with Gasteiger partial charge < -0.3 is 0 Å². The van der Waals surface area contributed by atoms with Gasteiger partial charge in [0.2, 0.25) is 0 Å². The van der Waals surface area contributed by atoms with Crippen LogP contribution in [0.3, 0.4) is 0 Å². The Morgan fingerprint density at radius 3 is 2.83 bits per heavy atom. The molecule has 0 radical (unpaired) electrons. The first-order chi connectivity index (χ1) is 5.74. The van der Waals surface area contributed by atoms with Gasteiger partial charge in [-0.1, -0.05) is 28.9 Å². The maximum atomic E-state index is 13.1. The summed E-state index contributed by atoms with van der Waals surface area (Å²) in [7, 11) is 0. The molecule has 0 atom stereocenters. The minimum absolute atomic E-state index is 0.120. The van der Waals surface area contributed by atoms with Crippen molar-refractivity contribution < 1.29 is 4.39 Å². The van der Waals surface area contributed by atoms with Gasteiger partial charge in [0.05, 0.1) is 0 Å². The molecule has 0 spiro atoms. The lowest BCUT2D eigenvalue weighted by molar-refractivity contribution is 0.616. The highest BCUT2D eigenvalue weighted by Gasteiger charge is 2.01. The zero-order valence-electron chi connectivity index (χ0n) is 6.81. The van der Waals surface area contributed by atoms with E-state index in [1.54, 1.807) is 11.8 Å². The zero-order chi connectivity index (χ0) is 8.97. The van der Waals surface area contributed by atoms with Crippen LogP contribution in [-0.4, -0.2) is 5.75 Å². The van der Waals surface area contributed by atoms with Crippen LogP contribution < -0.4 is 0 Å². The van der Waals surface area contributed by atoms with E-state index in [2.05, 4.69) is 22.9 Å². The molecule has 0 N–H and O–H groups in total. The molecule has 0 bridgehead atoms. The predicted octanol–water partition coefficient (Wildman–Crippen LogP) is 3.84. The third-order valence-electron chi connectivity index (χ3n) is 1.48. The average Bonchev–Trinajstić information content (AvgIpc) is 2.03. The maximum Gasteiger partial charge on any atom is 0.128 e. The molecule has 1 aromatic rings.